The largest absolute Gasteiger partial charge is 0.366 e. The predicted molar refractivity (Wildman–Crippen MR) is 122 cm³/mol. The highest BCUT2D eigenvalue weighted by Crippen LogP contribution is 2.38. The van der Waals surface area contributed by atoms with E-state index in [1.54, 1.807) is 12.4 Å². The SMILES string of the molecule is Cc1ccc2cc(C(=O)N3CC4(CCC(CNC(=O)Cc5cccnc5)O4)C3)ccc2c1. The number of likely N-dealkylation sites (tertiary alicyclic amines) is 1. The van der Waals surface area contributed by atoms with Gasteiger partial charge in [0.25, 0.3) is 5.91 Å². The van der Waals surface area contributed by atoms with Gasteiger partial charge in [0.2, 0.25) is 5.91 Å². The molecule has 2 aromatic carbocycles. The van der Waals surface area contributed by atoms with Gasteiger partial charge in [-0.2, -0.15) is 0 Å². The summed E-state index contributed by atoms with van der Waals surface area (Å²) < 4.78 is 6.26. The zero-order chi connectivity index (χ0) is 22.1. The smallest absolute Gasteiger partial charge is 0.254 e. The minimum atomic E-state index is -0.262. The van der Waals surface area contributed by atoms with Gasteiger partial charge in [-0.3, -0.25) is 14.6 Å². The molecule has 2 aliphatic rings. The van der Waals surface area contributed by atoms with Crippen LogP contribution in [0.1, 0.15) is 34.3 Å². The first kappa shape index (κ1) is 20.6. The number of aryl methyl sites for hydroxylation is 1. The number of nitrogens with zero attached hydrogens (tertiary/aromatic N) is 2. The first-order chi connectivity index (χ1) is 15.5. The van der Waals surface area contributed by atoms with Crippen LogP contribution in [0.4, 0.5) is 0 Å². The van der Waals surface area contributed by atoms with Gasteiger partial charge in [0.15, 0.2) is 0 Å². The van der Waals surface area contributed by atoms with Gasteiger partial charge in [-0.25, -0.2) is 0 Å². The van der Waals surface area contributed by atoms with Gasteiger partial charge in [-0.1, -0.05) is 35.9 Å². The monoisotopic (exact) mass is 429 g/mol. The molecular formula is C26H27N3O3. The van der Waals surface area contributed by atoms with Crippen molar-refractivity contribution in [3.63, 3.8) is 0 Å². The molecule has 0 aliphatic carbocycles. The van der Waals surface area contributed by atoms with Gasteiger partial charge in [0.05, 0.1) is 25.6 Å². The van der Waals surface area contributed by atoms with Gasteiger partial charge in [0, 0.05) is 24.5 Å². The second-order valence-corrected chi connectivity index (χ2v) is 9.03. The van der Waals surface area contributed by atoms with Crippen LogP contribution in [0.2, 0.25) is 0 Å². The van der Waals surface area contributed by atoms with Gasteiger partial charge >= 0.3 is 0 Å². The van der Waals surface area contributed by atoms with Crippen molar-refractivity contribution in [2.75, 3.05) is 19.6 Å². The fraction of sp³-hybridized carbons (Fsp3) is 0.346. The lowest BCUT2D eigenvalue weighted by Gasteiger charge is -2.47. The average molecular weight is 430 g/mol. The lowest BCUT2D eigenvalue weighted by atomic mass is 9.90. The molecule has 2 amide bonds. The lowest BCUT2D eigenvalue weighted by molar-refractivity contribution is -0.127. The number of hydrogen-bond donors (Lipinski definition) is 1. The third kappa shape index (κ3) is 4.23. The molecule has 0 saturated carbocycles. The Bertz CT molecular complexity index is 1160. The zero-order valence-corrected chi connectivity index (χ0v) is 18.2. The van der Waals surface area contributed by atoms with Gasteiger partial charge < -0.3 is 15.0 Å². The highest BCUT2D eigenvalue weighted by atomic mass is 16.5. The van der Waals surface area contributed by atoms with Gasteiger partial charge in [-0.15, -0.1) is 0 Å². The number of nitrogens with one attached hydrogen (secondary N) is 1. The summed E-state index contributed by atoms with van der Waals surface area (Å²) in [5, 5.41) is 5.19. The molecule has 1 unspecified atom stereocenters. The second kappa shape index (κ2) is 8.36. The molecule has 0 radical (unpaired) electrons. The Hall–Kier alpha value is -3.25. The van der Waals surface area contributed by atoms with Crippen LogP contribution in [0.3, 0.4) is 0 Å². The average Bonchev–Trinajstić information content (AvgIpc) is 3.21. The first-order valence-electron chi connectivity index (χ1n) is 11.1. The van der Waals surface area contributed by atoms with Crippen molar-refractivity contribution in [2.45, 2.75) is 37.9 Å². The van der Waals surface area contributed by atoms with Crippen LogP contribution in [0, 0.1) is 6.92 Å². The van der Waals surface area contributed by atoms with Crippen molar-refractivity contribution in [2.24, 2.45) is 0 Å². The number of fused-ring (bicyclic) bond motifs is 1. The number of carbonyl (C=O) groups excluding carboxylic acids is 2. The lowest BCUT2D eigenvalue weighted by Crippen LogP contribution is -2.63. The number of pyridine rings is 1. The molecule has 164 valence electrons. The number of aromatic nitrogens is 1. The fourth-order valence-electron chi connectivity index (χ4n) is 4.72. The molecule has 2 saturated heterocycles. The molecule has 6 nitrogen and oxygen atoms in total. The number of amides is 2. The van der Waals surface area contributed by atoms with Crippen LogP contribution in [-0.2, 0) is 16.0 Å². The third-order valence-corrected chi connectivity index (χ3v) is 6.44. The van der Waals surface area contributed by atoms with Gasteiger partial charge in [0.1, 0.15) is 5.60 Å². The van der Waals surface area contributed by atoms with E-state index in [2.05, 4.69) is 35.4 Å². The molecule has 1 spiro atoms. The predicted octanol–water partition coefficient (Wildman–Crippen LogP) is 3.28. The van der Waals surface area contributed by atoms with E-state index in [9.17, 15) is 9.59 Å². The minimum Gasteiger partial charge on any atom is -0.366 e. The standard InChI is InChI=1S/C26H27N3O3/c1-18-4-5-21-13-22(7-6-20(21)11-18)25(31)29-16-26(17-29)9-8-23(32-26)15-28-24(30)12-19-3-2-10-27-14-19/h2-7,10-11,13-14,23H,8-9,12,15-17H2,1H3,(H,28,30). The van der Waals surface area contributed by atoms with E-state index in [0.717, 1.165) is 29.2 Å². The van der Waals surface area contributed by atoms with Crippen LogP contribution < -0.4 is 5.32 Å². The van der Waals surface area contributed by atoms with Crippen molar-refractivity contribution in [1.82, 2.24) is 15.2 Å². The van der Waals surface area contributed by atoms with Crippen LogP contribution in [-0.4, -0.2) is 53.0 Å². The molecule has 6 heteroatoms. The topological polar surface area (TPSA) is 71.5 Å². The summed E-state index contributed by atoms with van der Waals surface area (Å²) >= 11 is 0. The number of hydrogen-bond acceptors (Lipinski definition) is 4. The molecular weight excluding hydrogens is 402 g/mol. The van der Waals surface area contributed by atoms with Crippen molar-refractivity contribution < 1.29 is 14.3 Å². The molecule has 32 heavy (non-hydrogen) atoms. The molecule has 5 rings (SSSR count). The van der Waals surface area contributed by atoms with E-state index in [4.69, 9.17) is 4.74 Å². The van der Waals surface area contributed by atoms with Crippen molar-refractivity contribution in [3.8, 4) is 0 Å². The summed E-state index contributed by atoms with van der Waals surface area (Å²) in [6.45, 7) is 3.79. The Labute approximate surface area is 187 Å². The molecule has 1 N–H and O–H groups in total. The Morgan fingerprint density at radius 1 is 1.16 bits per heavy atom. The van der Waals surface area contributed by atoms with E-state index >= 15 is 0 Å². The summed E-state index contributed by atoms with van der Waals surface area (Å²) in [7, 11) is 0. The van der Waals surface area contributed by atoms with Crippen molar-refractivity contribution in [1.29, 1.82) is 0 Å². The Morgan fingerprint density at radius 2 is 1.97 bits per heavy atom. The minimum absolute atomic E-state index is 0.00555. The number of ether oxygens (including phenoxy) is 1. The zero-order valence-electron chi connectivity index (χ0n) is 18.2. The van der Waals surface area contributed by atoms with E-state index in [1.165, 1.54) is 5.56 Å². The maximum atomic E-state index is 13.0. The summed E-state index contributed by atoms with van der Waals surface area (Å²) in [6.07, 6.45) is 5.52. The number of benzene rings is 2. The maximum absolute atomic E-state index is 13.0. The molecule has 2 aliphatic heterocycles. The number of carbonyl (C=O) groups is 2. The van der Waals surface area contributed by atoms with E-state index in [0.29, 0.717) is 31.6 Å². The van der Waals surface area contributed by atoms with E-state index in [-0.39, 0.29) is 23.5 Å². The Kier molecular flexibility index (Phi) is 5.39. The molecule has 1 aromatic heterocycles. The number of rotatable bonds is 5. The Balaban J connectivity index is 1.12. The third-order valence-electron chi connectivity index (χ3n) is 6.44. The first-order valence-corrected chi connectivity index (χ1v) is 11.1. The quantitative estimate of drug-likeness (QED) is 0.676. The van der Waals surface area contributed by atoms with E-state index in [1.807, 2.05) is 35.2 Å². The summed E-state index contributed by atoms with van der Waals surface area (Å²) in [6, 6.07) is 15.9. The molecule has 2 fully saturated rings. The maximum Gasteiger partial charge on any atom is 0.254 e. The van der Waals surface area contributed by atoms with Crippen LogP contribution in [0.5, 0.6) is 0 Å². The van der Waals surface area contributed by atoms with Crippen molar-refractivity contribution >= 4 is 22.6 Å². The highest BCUT2D eigenvalue weighted by molar-refractivity contribution is 5.99. The highest BCUT2D eigenvalue weighted by Gasteiger charge is 2.51. The molecule has 1 atom stereocenters. The molecule has 0 bridgehead atoms. The summed E-state index contributed by atoms with van der Waals surface area (Å²) in [5.41, 5.74) is 2.56. The summed E-state index contributed by atoms with van der Waals surface area (Å²) in [5.74, 6) is 0.0226. The van der Waals surface area contributed by atoms with Gasteiger partial charge in [-0.05, 0) is 54.3 Å². The second-order valence-electron chi connectivity index (χ2n) is 9.03. The molecule has 3 heterocycles. The summed E-state index contributed by atoms with van der Waals surface area (Å²) in [4.78, 5) is 31.0. The van der Waals surface area contributed by atoms with Crippen LogP contribution in [0.25, 0.3) is 10.8 Å². The normalized spacial score (nSPS) is 19.2. The van der Waals surface area contributed by atoms with Crippen LogP contribution >= 0.6 is 0 Å². The van der Waals surface area contributed by atoms with Crippen molar-refractivity contribution in [3.05, 3.63) is 77.6 Å². The Morgan fingerprint density at radius 3 is 2.78 bits per heavy atom. The fourth-order valence-corrected chi connectivity index (χ4v) is 4.72. The van der Waals surface area contributed by atoms with Crippen LogP contribution in [0.15, 0.2) is 60.9 Å². The molecule has 3 aromatic rings. The van der Waals surface area contributed by atoms with E-state index < -0.39 is 0 Å².